The van der Waals surface area contributed by atoms with Crippen molar-refractivity contribution in [2.24, 2.45) is 0 Å². The Balaban J connectivity index is 2.40. The fraction of sp³-hybridized carbons (Fsp3) is 0.0769. The molecule has 0 aliphatic heterocycles. The van der Waals surface area contributed by atoms with Gasteiger partial charge < -0.3 is 0 Å². The van der Waals surface area contributed by atoms with Gasteiger partial charge in [-0.1, -0.05) is 42.5 Å². The third-order valence-electron chi connectivity index (χ3n) is 5.56. The summed E-state index contributed by atoms with van der Waals surface area (Å²) in [6, 6.07) is 14.4. The summed E-state index contributed by atoms with van der Waals surface area (Å²) in [7, 11) is 0. The summed E-state index contributed by atoms with van der Waals surface area (Å²) in [5.74, 6) is -7.26. The number of rotatable bonds is 4. The molecule has 4 rings (SSSR count). The number of benzene rings is 4. The highest BCUT2D eigenvalue weighted by Gasteiger charge is 2.49. The van der Waals surface area contributed by atoms with Crippen molar-refractivity contribution in [1.82, 2.24) is 0 Å². The van der Waals surface area contributed by atoms with Crippen LogP contribution in [0.5, 0.6) is 0 Å². The summed E-state index contributed by atoms with van der Waals surface area (Å²) < 4.78 is 92.0. The van der Waals surface area contributed by atoms with Crippen molar-refractivity contribution >= 4 is 0 Å². The molecule has 0 atom stereocenters. The molecule has 4 aromatic rings. The van der Waals surface area contributed by atoms with Gasteiger partial charge >= 0.3 is 0 Å². The fourth-order valence-electron chi connectivity index (χ4n) is 4.34. The molecule has 0 bridgehead atoms. The number of halogens is 6. The van der Waals surface area contributed by atoms with E-state index >= 15 is 26.3 Å². The number of aryl methyl sites for hydroxylation is 1. The quantitative estimate of drug-likeness (QED) is 0.231. The van der Waals surface area contributed by atoms with E-state index in [4.69, 9.17) is 0 Å². The summed E-state index contributed by atoms with van der Waals surface area (Å²) in [6.07, 6.45) is 0. The van der Waals surface area contributed by atoms with Crippen molar-refractivity contribution in [2.75, 3.05) is 0 Å². The molecule has 162 valence electrons. The van der Waals surface area contributed by atoms with Crippen LogP contribution in [0.4, 0.5) is 26.3 Å². The van der Waals surface area contributed by atoms with Crippen molar-refractivity contribution in [3.8, 4) is 0 Å². The molecule has 0 radical (unpaired) electrons. The van der Waals surface area contributed by atoms with Crippen LogP contribution < -0.4 is 0 Å². The highest BCUT2D eigenvalue weighted by molar-refractivity contribution is 5.63. The van der Waals surface area contributed by atoms with Gasteiger partial charge in [0.2, 0.25) is 0 Å². The first kappa shape index (κ1) is 21.7. The van der Waals surface area contributed by atoms with Gasteiger partial charge in [0.1, 0.15) is 34.9 Å². The molecule has 0 aliphatic carbocycles. The fourth-order valence-corrected chi connectivity index (χ4v) is 4.34. The Hall–Kier alpha value is -3.54. The van der Waals surface area contributed by atoms with Crippen LogP contribution in [0.3, 0.4) is 0 Å². The molecule has 0 amide bonds. The van der Waals surface area contributed by atoms with Crippen LogP contribution >= 0.6 is 0 Å². The minimum absolute atomic E-state index is 0.0722. The van der Waals surface area contributed by atoms with Crippen molar-refractivity contribution in [2.45, 2.75) is 12.3 Å². The highest BCUT2D eigenvalue weighted by atomic mass is 19.2. The lowest BCUT2D eigenvalue weighted by Gasteiger charge is -2.38. The molecule has 4 aromatic carbocycles. The minimum atomic E-state index is -2.65. The highest BCUT2D eigenvalue weighted by Crippen LogP contribution is 2.51. The maximum atomic E-state index is 15.3. The molecular weight excluding hydrogens is 426 g/mol. The normalized spacial score (nSPS) is 11.6. The molecule has 0 aromatic heterocycles. The summed E-state index contributed by atoms with van der Waals surface area (Å²) in [5.41, 5.74) is -5.06. The van der Waals surface area contributed by atoms with Crippen molar-refractivity contribution in [3.63, 3.8) is 0 Å². The van der Waals surface area contributed by atoms with E-state index in [9.17, 15) is 0 Å². The zero-order valence-electron chi connectivity index (χ0n) is 16.8. The van der Waals surface area contributed by atoms with Crippen LogP contribution in [0.2, 0.25) is 0 Å². The monoisotopic (exact) mass is 442 g/mol. The van der Waals surface area contributed by atoms with E-state index in [0.717, 1.165) is 54.6 Å². The second-order valence-corrected chi connectivity index (χ2v) is 7.35. The van der Waals surface area contributed by atoms with Crippen molar-refractivity contribution in [3.05, 3.63) is 142 Å². The Morgan fingerprint density at radius 2 is 0.750 bits per heavy atom. The average molecular weight is 442 g/mol. The second-order valence-electron chi connectivity index (χ2n) is 7.35. The zero-order valence-corrected chi connectivity index (χ0v) is 16.8. The van der Waals surface area contributed by atoms with E-state index < -0.39 is 57.0 Å². The lowest BCUT2D eigenvalue weighted by molar-refractivity contribution is 0.454. The predicted octanol–water partition coefficient (Wildman–Crippen LogP) is 7.21. The molecule has 0 saturated carbocycles. The zero-order chi connectivity index (χ0) is 23.0. The standard InChI is InChI=1S/C26H16F6/c1-15-7-2-3-8-16(15)26(23-17(27)9-4-10-18(23)28,24-19(29)11-5-12-20(24)30)25-21(31)13-6-14-22(25)32/h2-14H,1H3. The lowest BCUT2D eigenvalue weighted by Crippen LogP contribution is -2.38. The van der Waals surface area contributed by atoms with E-state index in [1.165, 1.54) is 25.1 Å². The Bertz CT molecular complexity index is 1130. The summed E-state index contributed by atoms with van der Waals surface area (Å²) >= 11 is 0. The largest absolute Gasteiger partial charge is 0.207 e. The Kier molecular flexibility index (Phi) is 5.55. The summed E-state index contributed by atoms with van der Waals surface area (Å²) in [6.45, 7) is 1.53. The van der Waals surface area contributed by atoms with Gasteiger partial charge in [0.15, 0.2) is 0 Å². The number of hydrogen-bond donors (Lipinski definition) is 0. The van der Waals surface area contributed by atoms with Gasteiger partial charge in [0, 0.05) is 16.7 Å². The van der Waals surface area contributed by atoms with E-state index in [0.29, 0.717) is 5.56 Å². The van der Waals surface area contributed by atoms with Crippen LogP contribution in [0, 0.1) is 41.8 Å². The van der Waals surface area contributed by atoms with Gasteiger partial charge in [-0.15, -0.1) is 0 Å². The maximum absolute atomic E-state index is 15.3. The third kappa shape index (κ3) is 3.18. The van der Waals surface area contributed by atoms with Gasteiger partial charge in [-0.05, 0) is 54.4 Å². The molecule has 0 spiro atoms. The van der Waals surface area contributed by atoms with E-state index in [2.05, 4.69) is 0 Å². The van der Waals surface area contributed by atoms with Crippen LogP contribution in [-0.4, -0.2) is 0 Å². The first-order chi connectivity index (χ1) is 15.3. The average Bonchev–Trinajstić information content (AvgIpc) is 2.73. The maximum Gasteiger partial charge on any atom is 0.130 e. The molecule has 0 heterocycles. The Morgan fingerprint density at radius 3 is 1.06 bits per heavy atom. The SMILES string of the molecule is Cc1ccccc1C(c1c(F)cccc1F)(c1c(F)cccc1F)c1c(F)cccc1F. The van der Waals surface area contributed by atoms with Crippen LogP contribution in [-0.2, 0) is 5.41 Å². The van der Waals surface area contributed by atoms with Crippen molar-refractivity contribution < 1.29 is 26.3 Å². The van der Waals surface area contributed by atoms with Gasteiger partial charge in [-0.2, -0.15) is 0 Å². The molecule has 0 saturated heterocycles. The van der Waals surface area contributed by atoms with Crippen molar-refractivity contribution in [1.29, 1.82) is 0 Å². The molecule has 0 fully saturated rings. The van der Waals surface area contributed by atoms with Crippen LogP contribution in [0.1, 0.15) is 27.8 Å². The van der Waals surface area contributed by atoms with Gasteiger partial charge in [0.25, 0.3) is 0 Å². The number of hydrogen-bond acceptors (Lipinski definition) is 0. The van der Waals surface area contributed by atoms with E-state index in [-0.39, 0.29) is 5.56 Å². The molecule has 6 heteroatoms. The van der Waals surface area contributed by atoms with Gasteiger partial charge in [-0.25, -0.2) is 26.3 Å². The minimum Gasteiger partial charge on any atom is -0.207 e. The third-order valence-corrected chi connectivity index (χ3v) is 5.56. The smallest absolute Gasteiger partial charge is 0.130 e. The molecule has 0 N–H and O–H groups in total. The predicted molar refractivity (Wildman–Crippen MR) is 109 cm³/mol. The second kappa shape index (κ2) is 8.19. The molecule has 0 unspecified atom stereocenters. The van der Waals surface area contributed by atoms with E-state index in [1.54, 1.807) is 6.07 Å². The molecular formula is C26H16F6. The van der Waals surface area contributed by atoms with E-state index in [1.807, 2.05) is 0 Å². The van der Waals surface area contributed by atoms with Crippen LogP contribution in [0.15, 0.2) is 78.9 Å². The van der Waals surface area contributed by atoms with Gasteiger partial charge in [-0.3, -0.25) is 0 Å². The topological polar surface area (TPSA) is 0 Å². The first-order valence-corrected chi connectivity index (χ1v) is 9.69. The lowest BCUT2D eigenvalue weighted by atomic mass is 9.63. The first-order valence-electron chi connectivity index (χ1n) is 9.69. The molecule has 32 heavy (non-hydrogen) atoms. The summed E-state index contributed by atoms with van der Waals surface area (Å²) in [4.78, 5) is 0. The van der Waals surface area contributed by atoms with Crippen LogP contribution in [0.25, 0.3) is 0 Å². The molecule has 0 nitrogen and oxygen atoms in total. The molecule has 0 aliphatic rings. The summed E-state index contributed by atoms with van der Waals surface area (Å²) in [5, 5.41) is 0. The Labute approximate surface area is 180 Å². The Morgan fingerprint density at radius 1 is 0.438 bits per heavy atom. The van der Waals surface area contributed by atoms with Gasteiger partial charge in [0.05, 0.1) is 5.41 Å².